The Morgan fingerprint density at radius 1 is 0.611 bits per heavy atom. The first-order valence-corrected chi connectivity index (χ1v) is 5.71. The van der Waals surface area contributed by atoms with E-state index in [0.29, 0.717) is 0 Å². The molecule has 1 aliphatic heterocycles. The van der Waals surface area contributed by atoms with Crippen LogP contribution in [0.15, 0.2) is 0 Å². The summed E-state index contributed by atoms with van der Waals surface area (Å²) in [6, 6.07) is 0. The summed E-state index contributed by atoms with van der Waals surface area (Å²) in [5.41, 5.74) is 11.0. The summed E-state index contributed by atoms with van der Waals surface area (Å²) in [7, 11) is 0. The minimum atomic E-state index is 0. The predicted molar refractivity (Wildman–Crippen MR) is 89.2 cm³/mol. The molecule has 0 aliphatic carbocycles. The second-order valence-electron chi connectivity index (χ2n) is 3.97. The van der Waals surface area contributed by atoms with Gasteiger partial charge in [0.1, 0.15) is 0 Å². The molecule has 0 saturated carbocycles. The van der Waals surface area contributed by atoms with Gasteiger partial charge in [0.05, 0.1) is 0 Å². The van der Waals surface area contributed by atoms with Crippen molar-refractivity contribution in [1.29, 1.82) is 0 Å². The van der Waals surface area contributed by atoms with Crippen molar-refractivity contribution in [2.75, 3.05) is 52.4 Å². The highest BCUT2D eigenvalue weighted by atomic mass is 35.5. The Morgan fingerprint density at radius 2 is 0.889 bits per heavy atom. The average molecular weight is 346 g/mol. The Bertz CT molecular complexity index is 130. The molecular formula is C10H28Cl4N4. The van der Waals surface area contributed by atoms with E-state index in [2.05, 4.69) is 9.80 Å². The number of nitrogens with two attached hydrogens (primary N) is 2. The van der Waals surface area contributed by atoms with Crippen LogP contribution in [0.3, 0.4) is 0 Å². The van der Waals surface area contributed by atoms with E-state index in [4.69, 9.17) is 11.5 Å². The predicted octanol–water partition coefficient (Wildman–Crippen LogP) is 0.989. The van der Waals surface area contributed by atoms with Crippen LogP contribution in [0.5, 0.6) is 0 Å². The SMILES string of the molecule is Cl.Cl.Cl.Cl.NCCCN1CCN(CCCN)CC1. The zero-order chi connectivity index (χ0) is 10.2. The molecule has 0 aromatic rings. The molecule has 0 unspecified atom stereocenters. The quantitative estimate of drug-likeness (QED) is 0.753. The van der Waals surface area contributed by atoms with E-state index in [9.17, 15) is 0 Å². The van der Waals surface area contributed by atoms with Gasteiger partial charge in [-0.3, -0.25) is 0 Å². The minimum absolute atomic E-state index is 0. The average Bonchev–Trinajstić information content (AvgIpc) is 2.25. The monoisotopic (exact) mass is 344 g/mol. The fourth-order valence-corrected chi connectivity index (χ4v) is 1.87. The molecule has 0 aromatic carbocycles. The van der Waals surface area contributed by atoms with Gasteiger partial charge in [0.2, 0.25) is 0 Å². The second-order valence-corrected chi connectivity index (χ2v) is 3.97. The third-order valence-electron chi connectivity index (χ3n) is 2.82. The molecule has 4 N–H and O–H groups in total. The van der Waals surface area contributed by atoms with Crippen LogP contribution in [0.2, 0.25) is 0 Å². The Hall–Kier alpha value is 1.000. The molecule has 0 spiro atoms. The molecule has 1 saturated heterocycles. The number of piperazine rings is 1. The highest BCUT2D eigenvalue weighted by molar-refractivity contribution is 5.86. The summed E-state index contributed by atoms with van der Waals surface area (Å²) in [6.07, 6.45) is 2.26. The van der Waals surface area contributed by atoms with Crippen LogP contribution >= 0.6 is 49.6 Å². The van der Waals surface area contributed by atoms with Gasteiger partial charge in [-0.25, -0.2) is 0 Å². The van der Waals surface area contributed by atoms with E-state index < -0.39 is 0 Å². The van der Waals surface area contributed by atoms with Crippen molar-refractivity contribution in [2.24, 2.45) is 11.5 Å². The summed E-state index contributed by atoms with van der Waals surface area (Å²) in [6.45, 7) is 8.76. The van der Waals surface area contributed by atoms with Gasteiger partial charge >= 0.3 is 0 Å². The van der Waals surface area contributed by atoms with Gasteiger partial charge in [-0.2, -0.15) is 0 Å². The van der Waals surface area contributed by atoms with Crippen molar-refractivity contribution in [3.05, 3.63) is 0 Å². The van der Waals surface area contributed by atoms with Gasteiger partial charge in [-0.05, 0) is 39.0 Å². The molecule has 1 fully saturated rings. The summed E-state index contributed by atoms with van der Waals surface area (Å²) < 4.78 is 0. The number of hydrogen-bond donors (Lipinski definition) is 2. The lowest BCUT2D eigenvalue weighted by Crippen LogP contribution is -2.47. The van der Waals surface area contributed by atoms with Gasteiger partial charge in [-0.15, -0.1) is 49.6 Å². The van der Waals surface area contributed by atoms with E-state index in [1.165, 1.54) is 39.3 Å². The van der Waals surface area contributed by atoms with Crippen LogP contribution in [0.4, 0.5) is 0 Å². The first-order chi connectivity index (χ1) is 6.86. The van der Waals surface area contributed by atoms with Crippen molar-refractivity contribution in [2.45, 2.75) is 12.8 Å². The molecule has 1 heterocycles. The molecule has 1 aliphatic rings. The highest BCUT2D eigenvalue weighted by Crippen LogP contribution is 2.02. The van der Waals surface area contributed by atoms with Gasteiger partial charge in [0.15, 0.2) is 0 Å². The largest absolute Gasteiger partial charge is 0.330 e. The van der Waals surface area contributed by atoms with Gasteiger partial charge in [0.25, 0.3) is 0 Å². The Morgan fingerprint density at radius 3 is 1.11 bits per heavy atom. The standard InChI is InChI=1S/C10H24N4.4ClH/c11-3-1-5-13-7-9-14(10-8-13)6-2-4-12;;;;/h1-12H2;4*1H. The summed E-state index contributed by atoms with van der Waals surface area (Å²) >= 11 is 0. The Labute approximate surface area is 136 Å². The van der Waals surface area contributed by atoms with Crippen molar-refractivity contribution in [3.8, 4) is 0 Å². The molecule has 0 atom stereocenters. The lowest BCUT2D eigenvalue weighted by Gasteiger charge is -2.34. The number of rotatable bonds is 6. The van der Waals surface area contributed by atoms with Crippen LogP contribution in [0.1, 0.15) is 12.8 Å². The molecule has 8 heteroatoms. The molecule has 0 bridgehead atoms. The molecule has 1 rings (SSSR count). The number of halogens is 4. The van der Waals surface area contributed by atoms with Gasteiger partial charge in [0, 0.05) is 26.2 Å². The topological polar surface area (TPSA) is 58.5 Å². The third kappa shape index (κ3) is 12.1. The van der Waals surface area contributed by atoms with Crippen LogP contribution < -0.4 is 11.5 Å². The fourth-order valence-electron chi connectivity index (χ4n) is 1.87. The summed E-state index contributed by atoms with van der Waals surface area (Å²) in [4.78, 5) is 5.01. The minimum Gasteiger partial charge on any atom is -0.330 e. The summed E-state index contributed by atoms with van der Waals surface area (Å²) in [5, 5.41) is 0. The molecule has 18 heavy (non-hydrogen) atoms. The highest BCUT2D eigenvalue weighted by Gasteiger charge is 2.15. The Balaban J connectivity index is -0.000000245. The van der Waals surface area contributed by atoms with Crippen molar-refractivity contribution in [1.82, 2.24) is 9.80 Å². The lowest BCUT2D eigenvalue weighted by atomic mass is 10.2. The van der Waals surface area contributed by atoms with E-state index in [0.717, 1.165) is 25.9 Å². The van der Waals surface area contributed by atoms with Crippen LogP contribution in [-0.2, 0) is 0 Å². The third-order valence-corrected chi connectivity index (χ3v) is 2.82. The van der Waals surface area contributed by atoms with Gasteiger partial charge in [-0.1, -0.05) is 0 Å². The fraction of sp³-hybridized carbons (Fsp3) is 1.00. The summed E-state index contributed by atoms with van der Waals surface area (Å²) in [5.74, 6) is 0. The maximum Gasteiger partial charge on any atom is 0.0110 e. The molecule has 116 valence electrons. The first-order valence-electron chi connectivity index (χ1n) is 5.71. The van der Waals surface area contributed by atoms with Crippen molar-refractivity contribution in [3.63, 3.8) is 0 Å². The Kier molecular flexibility index (Phi) is 27.4. The smallest absolute Gasteiger partial charge is 0.0110 e. The van der Waals surface area contributed by atoms with E-state index in [-0.39, 0.29) is 49.6 Å². The van der Waals surface area contributed by atoms with Crippen LogP contribution in [0, 0.1) is 0 Å². The van der Waals surface area contributed by atoms with Crippen molar-refractivity contribution < 1.29 is 0 Å². The molecule has 0 radical (unpaired) electrons. The lowest BCUT2D eigenvalue weighted by molar-refractivity contribution is 0.131. The molecule has 0 aromatic heterocycles. The number of nitrogens with zero attached hydrogens (tertiary/aromatic N) is 2. The second kappa shape index (κ2) is 18.0. The van der Waals surface area contributed by atoms with E-state index in [1.807, 2.05) is 0 Å². The molecule has 0 amide bonds. The van der Waals surface area contributed by atoms with Gasteiger partial charge < -0.3 is 21.3 Å². The normalized spacial score (nSPS) is 15.7. The molecule has 4 nitrogen and oxygen atoms in total. The van der Waals surface area contributed by atoms with E-state index in [1.54, 1.807) is 0 Å². The first kappa shape index (κ1) is 27.4. The van der Waals surface area contributed by atoms with E-state index >= 15 is 0 Å². The zero-order valence-corrected chi connectivity index (χ0v) is 14.0. The molecular weight excluding hydrogens is 318 g/mol. The number of hydrogen-bond acceptors (Lipinski definition) is 4. The van der Waals surface area contributed by atoms with Crippen molar-refractivity contribution >= 4 is 49.6 Å². The maximum atomic E-state index is 5.49. The zero-order valence-electron chi connectivity index (χ0n) is 10.8. The van der Waals surface area contributed by atoms with Crippen LogP contribution in [0.25, 0.3) is 0 Å². The van der Waals surface area contributed by atoms with Crippen LogP contribution in [-0.4, -0.2) is 62.2 Å². The maximum absolute atomic E-state index is 5.49.